The first-order valence-electron chi connectivity index (χ1n) is 10.3. The number of carbonyl (C=O) groups excluding carboxylic acids is 1. The molecular formula is C22H23FN6O. The number of nitrogens with zero attached hydrogens (tertiary/aromatic N) is 5. The second kappa shape index (κ2) is 7.51. The van der Waals surface area contributed by atoms with Crippen molar-refractivity contribution < 1.29 is 9.18 Å². The van der Waals surface area contributed by atoms with Gasteiger partial charge in [-0.2, -0.15) is 9.78 Å². The van der Waals surface area contributed by atoms with E-state index >= 15 is 0 Å². The van der Waals surface area contributed by atoms with Gasteiger partial charge < -0.3 is 10.2 Å². The number of carbonyl (C=O) groups is 1. The quantitative estimate of drug-likeness (QED) is 0.720. The Morgan fingerprint density at radius 3 is 2.40 bits per heavy atom. The Bertz CT molecular complexity index is 1070. The summed E-state index contributed by atoms with van der Waals surface area (Å²) in [5.74, 6) is 1.46. The lowest BCUT2D eigenvalue weighted by Gasteiger charge is -2.27. The minimum absolute atomic E-state index is 0.101. The van der Waals surface area contributed by atoms with Gasteiger partial charge in [-0.3, -0.25) is 4.79 Å². The molecule has 8 heteroatoms. The van der Waals surface area contributed by atoms with Crippen molar-refractivity contribution in [2.75, 3.05) is 23.3 Å². The molecule has 2 aliphatic rings. The minimum Gasteiger partial charge on any atom is -0.355 e. The third-order valence-corrected chi connectivity index (χ3v) is 5.91. The van der Waals surface area contributed by atoms with E-state index in [9.17, 15) is 9.18 Å². The van der Waals surface area contributed by atoms with Crippen LogP contribution in [0.1, 0.15) is 48.4 Å². The first kappa shape index (κ1) is 18.7. The number of piperidine rings is 1. The number of rotatable bonds is 3. The molecular weight excluding hydrogens is 383 g/mol. The molecule has 3 aromatic rings. The summed E-state index contributed by atoms with van der Waals surface area (Å²) in [4.78, 5) is 14.7. The number of hydrogen-bond acceptors (Lipinski definition) is 5. The highest BCUT2D eigenvalue weighted by Gasteiger charge is 2.33. The molecule has 0 unspecified atom stereocenters. The summed E-state index contributed by atoms with van der Waals surface area (Å²) < 4.78 is 15.0. The maximum atomic E-state index is 13.4. The van der Waals surface area contributed by atoms with Crippen molar-refractivity contribution in [3.63, 3.8) is 0 Å². The largest absolute Gasteiger partial charge is 0.355 e. The number of aromatic nitrogens is 4. The SMILES string of the molecule is Cc1nn(-c2ccc(N3CCCCC3)nn2)c2c1[C@@H](c1ccc(F)cc1)CC(=O)N2. The third-order valence-electron chi connectivity index (χ3n) is 5.91. The van der Waals surface area contributed by atoms with Crippen molar-refractivity contribution in [2.45, 2.75) is 38.5 Å². The van der Waals surface area contributed by atoms with Gasteiger partial charge in [0.15, 0.2) is 11.6 Å². The first-order chi connectivity index (χ1) is 14.6. The number of fused-ring (bicyclic) bond motifs is 1. The maximum Gasteiger partial charge on any atom is 0.226 e. The van der Waals surface area contributed by atoms with Crippen LogP contribution in [0.4, 0.5) is 16.0 Å². The number of nitrogens with one attached hydrogen (secondary N) is 1. The van der Waals surface area contributed by atoms with Crippen LogP contribution in [0.25, 0.3) is 5.82 Å². The zero-order chi connectivity index (χ0) is 20.7. The van der Waals surface area contributed by atoms with E-state index in [-0.39, 0.29) is 17.6 Å². The fourth-order valence-electron chi connectivity index (χ4n) is 4.42. The van der Waals surface area contributed by atoms with Crippen LogP contribution in [-0.4, -0.2) is 39.0 Å². The van der Waals surface area contributed by atoms with Crippen molar-refractivity contribution in [3.05, 3.63) is 59.0 Å². The molecule has 1 atom stereocenters. The van der Waals surface area contributed by atoms with Crippen molar-refractivity contribution in [1.82, 2.24) is 20.0 Å². The van der Waals surface area contributed by atoms with E-state index in [2.05, 4.69) is 25.5 Å². The molecule has 1 amide bonds. The van der Waals surface area contributed by atoms with Crippen LogP contribution < -0.4 is 10.2 Å². The molecule has 4 heterocycles. The van der Waals surface area contributed by atoms with Crippen LogP contribution in [0.2, 0.25) is 0 Å². The van der Waals surface area contributed by atoms with Crippen molar-refractivity contribution in [3.8, 4) is 5.82 Å². The molecule has 1 aromatic carbocycles. The van der Waals surface area contributed by atoms with Gasteiger partial charge in [-0.25, -0.2) is 4.39 Å². The highest BCUT2D eigenvalue weighted by molar-refractivity contribution is 5.95. The van der Waals surface area contributed by atoms with Crippen molar-refractivity contribution >= 4 is 17.5 Å². The zero-order valence-electron chi connectivity index (χ0n) is 16.8. The molecule has 30 heavy (non-hydrogen) atoms. The first-order valence-corrected chi connectivity index (χ1v) is 10.3. The summed E-state index contributed by atoms with van der Waals surface area (Å²) >= 11 is 0. The molecule has 1 saturated heterocycles. The fraction of sp³-hybridized carbons (Fsp3) is 0.364. The number of benzene rings is 1. The zero-order valence-corrected chi connectivity index (χ0v) is 16.8. The van der Waals surface area contributed by atoms with Gasteiger partial charge in [0.05, 0.1) is 5.69 Å². The van der Waals surface area contributed by atoms with Gasteiger partial charge >= 0.3 is 0 Å². The summed E-state index contributed by atoms with van der Waals surface area (Å²) in [6.07, 6.45) is 3.90. The number of halogens is 1. The van der Waals surface area contributed by atoms with E-state index in [0.29, 0.717) is 18.1 Å². The van der Waals surface area contributed by atoms with E-state index in [0.717, 1.165) is 35.7 Å². The van der Waals surface area contributed by atoms with Gasteiger partial charge in [0, 0.05) is 31.0 Å². The molecule has 2 aliphatic heterocycles. The van der Waals surface area contributed by atoms with E-state index in [1.54, 1.807) is 16.8 Å². The molecule has 0 spiro atoms. The fourth-order valence-corrected chi connectivity index (χ4v) is 4.42. The van der Waals surface area contributed by atoms with Crippen LogP contribution in [0, 0.1) is 12.7 Å². The maximum absolute atomic E-state index is 13.4. The van der Waals surface area contributed by atoms with Crippen LogP contribution in [0.5, 0.6) is 0 Å². The Kier molecular flexibility index (Phi) is 4.69. The van der Waals surface area contributed by atoms with Gasteiger partial charge in [-0.1, -0.05) is 12.1 Å². The normalized spacial score (nSPS) is 18.8. The molecule has 7 nitrogen and oxygen atoms in total. The predicted molar refractivity (Wildman–Crippen MR) is 111 cm³/mol. The van der Waals surface area contributed by atoms with E-state index in [1.807, 2.05) is 19.1 Å². The highest BCUT2D eigenvalue weighted by Crippen LogP contribution is 2.40. The molecule has 1 N–H and O–H groups in total. The summed E-state index contributed by atoms with van der Waals surface area (Å²) in [6, 6.07) is 10.1. The average molecular weight is 406 g/mol. The summed E-state index contributed by atoms with van der Waals surface area (Å²) in [6.45, 7) is 3.91. The molecule has 0 aliphatic carbocycles. The van der Waals surface area contributed by atoms with Gasteiger partial charge in [0.2, 0.25) is 5.91 Å². The minimum atomic E-state index is -0.296. The molecule has 0 radical (unpaired) electrons. The van der Waals surface area contributed by atoms with Crippen molar-refractivity contribution in [2.24, 2.45) is 0 Å². The van der Waals surface area contributed by atoms with Crippen molar-refractivity contribution in [1.29, 1.82) is 0 Å². The molecule has 1 fully saturated rings. The lowest BCUT2D eigenvalue weighted by atomic mass is 9.86. The number of amides is 1. The molecule has 0 saturated carbocycles. The molecule has 0 bridgehead atoms. The van der Waals surface area contributed by atoms with E-state index < -0.39 is 0 Å². The lowest BCUT2D eigenvalue weighted by molar-refractivity contribution is -0.116. The smallest absolute Gasteiger partial charge is 0.226 e. The monoisotopic (exact) mass is 406 g/mol. The summed E-state index contributed by atoms with van der Waals surface area (Å²) in [5.41, 5.74) is 2.63. The van der Waals surface area contributed by atoms with E-state index in [1.165, 1.54) is 31.4 Å². The van der Waals surface area contributed by atoms with Gasteiger partial charge in [0.1, 0.15) is 11.6 Å². The highest BCUT2D eigenvalue weighted by atomic mass is 19.1. The Morgan fingerprint density at radius 2 is 1.70 bits per heavy atom. The summed E-state index contributed by atoms with van der Waals surface area (Å²) in [5, 5.41) is 16.4. The Morgan fingerprint density at radius 1 is 1.00 bits per heavy atom. The van der Waals surface area contributed by atoms with Crippen LogP contribution in [-0.2, 0) is 4.79 Å². The van der Waals surface area contributed by atoms with E-state index in [4.69, 9.17) is 0 Å². The second-order valence-electron chi connectivity index (χ2n) is 7.91. The number of aryl methyl sites for hydroxylation is 1. The topological polar surface area (TPSA) is 75.9 Å². The van der Waals surface area contributed by atoms with Crippen LogP contribution in [0.15, 0.2) is 36.4 Å². The Hall–Kier alpha value is -3.29. The Balaban J connectivity index is 1.51. The molecule has 2 aromatic heterocycles. The molecule has 5 rings (SSSR count). The number of anilines is 2. The summed E-state index contributed by atoms with van der Waals surface area (Å²) in [7, 11) is 0. The Labute approximate surface area is 173 Å². The lowest BCUT2D eigenvalue weighted by Crippen LogP contribution is -2.30. The molecule has 154 valence electrons. The second-order valence-corrected chi connectivity index (χ2v) is 7.91. The van der Waals surface area contributed by atoms with Crippen LogP contribution >= 0.6 is 0 Å². The van der Waals surface area contributed by atoms with Gasteiger partial charge in [-0.15, -0.1) is 10.2 Å². The van der Waals surface area contributed by atoms with Gasteiger partial charge in [-0.05, 0) is 56.0 Å². The average Bonchev–Trinajstić information content (AvgIpc) is 3.10. The van der Waals surface area contributed by atoms with Gasteiger partial charge in [0.25, 0.3) is 0 Å². The number of hydrogen-bond donors (Lipinski definition) is 1. The third kappa shape index (κ3) is 3.32. The van der Waals surface area contributed by atoms with Crippen LogP contribution in [0.3, 0.4) is 0 Å². The standard InChI is InChI=1S/C22H23FN6O/c1-14-21-17(15-5-7-16(23)8-6-15)13-20(30)24-22(21)29(27-14)19-10-9-18(25-26-19)28-11-3-2-4-12-28/h5-10,17H,2-4,11-13H2,1H3,(H,24,30)/t17-/m1/s1. The predicted octanol–water partition coefficient (Wildman–Crippen LogP) is 3.57.